The van der Waals surface area contributed by atoms with Crippen LogP contribution in [0.1, 0.15) is 37.9 Å². The normalized spacial score (nSPS) is 12.1. The van der Waals surface area contributed by atoms with Gasteiger partial charge in [-0.25, -0.2) is 0 Å². The fourth-order valence-electron chi connectivity index (χ4n) is 1.76. The van der Waals surface area contributed by atoms with Crippen molar-refractivity contribution in [2.24, 2.45) is 0 Å². The molecule has 0 bridgehead atoms. The van der Waals surface area contributed by atoms with Gasteiger partial charge in [0.05, 0.1) is 6.61 Å². The third-order valence-corrected chi connectivity index (χ3v) is 2.91. The van der Waals surface area contributed by atoms with Crippen LogP contribution < -0.4 is 4.74 Å². The molecule has 118 valence electrons. The monoisotopic (exact) mass is 297 g/mol. The van der Waals surface area contributed by atoms with Gasteiger partial charge in [-0.15, -0.1) is 0 Å². The van der Waals surface area contributed by atoms with E-state index in [1.165, 1.54) is 0 Å². The lowest BCUT2D eigenvalue weighted by atomic mass is 10.1. The Hall–Kier alpha value is -1.66. The van der Waals surface area contributed by atoms with Crippen LogP contribution in [-0.2, 0) is 4.74 Å². The third-order valence-electron chi connectivity index (χ3n) is 2.91. The van der Waals surface area contributed by atoms with E-state index in [0.717, 1.165) is 25.9 Å². The second-order valence-corrected chi connectivity index (χ2v) is 4.77. The zero-order valence-corrected chi connectivity index (χ0v) is 12.4. The molecule has 0 aliphatic heterocycles. The smallest absolute Gasteiger partial charge is 0.233 e. The summed E-state index contributed by atoms with van der Waals surface area (Å²) in [5.74, 6) is 0.600. The first-order valence-electron chi connectivity index (χ1n) is 7.24. The Morgan fingerprint density at radius 2 is 2.05 bits per heavy atom. The maximum atomic E-state index is 10.4. The number of unbranched alkanes of at least 4 members (excludes halogenated alkanes) is 1. The van der Waals surface area contributed by atoms with Crippen LogP contribution in [0.4, 0.5) is 0 Å². The fourth-order valence-corrected chi connectivity index (χ4v) is 1.76. The van der Waals surface area contributed by atoms with Crippen LogP contribution >= 0.6 is 0 Å². The minimum absolute atomic E-state index is 0.489. The van der Waals surface area contributed by atoms with Crippen LogP contribution in [0.3, 0.4) is 0 Å². The third kappa shape index (κ3) is 7.63. The van der Waals surface area contributed by atoms with E-state index in [1.54, 1.807) is 24.3 Å². The largest absolute Gasteiger partial charge is 0.493 e. The number of hydrogen-bond donors (Lipinski definition) is 1. The van der Waals surface area contributed by atoms with Crippen molar-refractivity contribution in [2.75, 3.05) is 26.4 Å². The Morgan fingerprint density at radius 1 is 1.29 bits per heavy atom. The first-order valence-corrected chi connectivity index (χ1v) is 7.24. The van der Waals surface area contributed by atoms with Gasteiger partial charge in [-0.05, 0) is 24.1 Å². The first kappa shape index (κ1) is 17.4. The molecule has 21 heavy (non-hydrogen) atoms. The van der Waals surface area contributed by atoms with Crippen LogP contribution in [-0.4, -0.2) is 36.4 Å². The molecule has 6 heteroatoms. The zero-order valence-electron chi connectivity index (χ0n) is 12.4. The Bertz CT molecular complexity index is 424. The van der Waals surface area contributed by atoms with E-state index in [4.69, 9.17) is 9.47 Å². The zero-order chi connectivity index (χ0) is 15.5. The molecule has 0 saturated carbocycles. The summed E-state index contributed by atoms with van der Waals surface area (Å²) in [7, 11) is 0. The summed E-state index contributed by atoms with van der Waals surface area (Å²) in [6.45, 7) is 3.56. The van der Waals surface area contributed by atoms with Gasteiger partial charge in [-0.1, -0.05) is 25.5 Å². The van der Waals surface area contributed by atoms with E-state index in [9.17, 15) is 15.2 Å². The molecule has 0 aliphatic carbocycles. The highest BCUT2D eigenvalue weighted by Gasteiger charge is 2.14. The molecule has 6 nitrogen and oxygen atoms in total. The molecule has 0 unspecified atom stereocenters. The van der Waals surface area contributed by atoms with E-state index in [-0.39, 0.29) is 0 Å². The number of nitrogens with zero attached hydrogens (tertiary/aromatic N) is 1. The molecular weight excluding hydrogens is 274 g/mol. The first-order chi connectivity index (χ1) is 10.1. The van der Waals surface area contributed by atoms with Crippen molar-refractivity contribution in [3.8, 4) is 5.75 Å². The summed E-state index contributed by atoms with van der Waals surface area (Å²) >= 11 is 0. The summed E-state index contributed by atoms with van der Waals surface area (Å²) < 4.78 is 11.0. The topological polar surface area (TPSA) is 81.8 Å². The predicted molar refractivity (Wildman–Crippen MR) is 79.1 cm³/mol. The lowest BCUT2D eigenvalue weighted by Gasteiger charge is -2.10. The van der Waals surface area contributed by atoms with Crippen molar-refractivity contribution in [2.45, 2.75) is 32.3 Å². The summed E-state index contributed by atoms with van der Waals surface area (Å²) in [6, 6.07) is 6.76. The van der Waals surface area contributed by atoms with Gasteiger partial charge >= 0.3 is 0 Å². The number of nitro groups is 1. The van der Waals surface area contributed by atoms with Gasteiger partial charge in [0, 0.05) is 24.6 Å². The maximum Gasteiger partial charge on any atom is 0.233 e. The van der Waals surface area contributed by atoms with Gasteiger partial charge in [-0.3, -0.25) is 10.1 Å². The average molecular weight is 297 g/mol. The van der Waals surface area contributed by atoms with Gasteiger partial charge < -0.3 is 14.6 Å². The van der Waals surface area contributed by atoms with Crippen molar-refractivity contribution < 1.29 is 19.5 Å². The van der Waals surface area contributed by atoms with Gasteiger partial charge in [0.15, 0.2) is 0 Å². The van der Waals surface area contributed by atoms with Crippen LogP contribution in [0.2, 0.25) is 0 Å². The molecule has 0 spiro atoms. The molecule has 0 radical (unpaired) electrons. The number of aliphatic hydroxyl groups is 1. The molecule has 0 aliphatic rings. The van der Waals surface area contributed by atoms with E-state index in [2.05, 4.69) is 6.92 Å². The molecule has 1 N–H and O–H groups in total. The number of hydrogen-bond acceptors (Lipinski definition) is 5. The van der Waals surface area contributed by atoms with Crippen molar-refractivity contribution in [3.05, 3.63) is 39.9 Å². The summed E-state index contributed by atoms with van der Waals surface area (Å²) in [6.07, 6.45) is 1.86. The Labute approximate surface area is 124 Å². The molecule has 0 fully saturated rings. The van der Waals surface area contributed by atoms with Gasteiger partial charge in [0.2, 0.25) is 6.54 Å². The lowest BCUT2D eigenvalue weighted by Crippen LogP contribution is -2.12. The molecule has 1 aromatic rings. The molecule has 0 amide bonds. The number of benzene rings is 1. The number of aliphatic hydroxyl groups excluding tert-OH is 1. The van der Waals surface area contributed by atoms with E-state index in [1.807, 2.05) is 0 Å². The van der Waals surface area contributed by atoms with E-state index in [0.29, 0.717) is 24.5 Å². The summed E-state index contributed by atoms with van der Waals surface area (Å²) in [4.78, 5) is 9.85. The maximum absolute atomic E-state index is 10.4. The summed E-state index contributed by atoms with van der Waals surface area (Å²) in [5.41, 5.74) is 0.489. The molecule has 1 atom stereocenters. The molecule has 1 aromatic carbocycles. The SMILES string of the molecule is CCCCOCCCOc1cccc([C@H](O)C[N+](=O)[O-])c1. The Morgan fingerprint density at radius 3 is 2.76 bits per heavy atom. The highest BCUT2D eigenvalue weighted by Crippen LogP contribution is 2.19. The average Bonchev–Trinajstić information content (AvgIpc) is 2.46. The van der Waals surface area contributed by atoms with E-state index >= 15 is 0 Å². The highest BCUT2D eigenvalue weighted by atomic mass is 16.6. The minimum atomic E-state index is -1.11. The van der Waals surface area contributed by atoms with E-state index < -0.39 is 17.6 Å². The number of rotatable bonds is 11. The van der Waals surface area contributed by atoms with Crippen LogP contribution in [0.5, 0.6) is 5.75 Å². The van der Waals surface area contributed by atoms with Crippen LogP contribution in [0.25, 0.3) is 0 Å². The molecule has 1 rings (SSSR count). The van der Waals surface area contributed by atoms with Crippen molar-refractivity contribution in [1.82, 2.24) is 0 Å². The molecule has 0 heterocycles. The summed E-state index contributed by atoms with van der Waals surface area (Å²) in [5, 5.41) is 20.1. The van der Waals surface area contributed by atoms with Crippen molar-refractivity contribution in [1.29, 1.82) is 0 Å². The van der Waals surface area contributed by atoms with Crippen molar-refractivity contribution in [3.63, 3.8) is 0 Å². The van der Waals surface area contributed by atoms with Gasteiger partial charge in [0.25, 0.3) is 0 Å². The standard InChI is InChI=1S/C15H23NO5/c1-2-3-8-20-9-5-10-21-14-7-4-6-13(11-14)15(17)12-16(18)19/h4,6-7,11,15,17H,2-3,5,8-10,12H2,1H3/t15-/m1/s1. The van der Waals surface area contributed by atoms with Crippen LogP contribution in [0, 0.1) is 10.1 Å². The van der Waals surface area contributed by atoms with Gasteiger partial charge in [-0.2, -0.15) is 0 Å². The number of ether oxygens (including phenoxy) is 2. The Balaban J connectivity index is 2.30. The van der Waals surface area contributed by atoms with Gasteiger partial charge in [0.1, 0.15) is 11.9 Å². The highest BCUT2D eigenvalue weighted by molar-refractivity contribution is 5.29. The molecule has 0 saturated heterocycles. The molecular formula is C15H23NO5. The second-order valence-electron chi connectivity index (χ2n) is 4.77. The fraction of sp³-hybridized carbons (Fsp3) is 0.600. The predicted octanol–water partition coefficient (Wildman–Crippen LogP) is 2.58. The lowest BCUT2D eigenvalue weighted by molar-refractivity contribution is -0.491. The molecule has 0 aromatic heterocycles. The van der Waals surface area contributed by atoms with Crippen molar-refractivity contribution >= 4 is 0 Å². The van der Waals surface area contributed by atoms with Crippen LogP contribution in [0.15, 0.2) is 24.3 Å². The quantitative estimate of drug-likeness (QED) is 0.385. The Kier molecular flexibility index (Phi) is 8.38. The minimum Gasteiger partial charge on any atom is -0.493 e. The second kappa shape index (κ2) is 10.1.